The van der Waals surface area contributed by atoms with E-state index in [1.54, 1.807) is 30.3 Å². The van der Waals surface area contributed by atoms with Gasteiger partial charge in [0.1, 0.15) is 16.7 Å². The van der Waals surface area contributed by atoms with Crippen LogP contribution in [0.15, 0.2) is 61.2 Å². The van der Waals surface area contributed by atoms with Crippen LogP contribution in [0.4, 0.5) is 0 Å². The van der Waals surface area contributed by atoms with Crippen molar-refractivity contribution < 1.29 is 13.5 Å². The number of phenolic OH excluding ortho intramolecular Hbond substituents is 1. The van der Waals surface area contributed by atoms with Gasteiger partial charge in [-0.05, 0) is 57.9 Å². The number of phenols is 1. The second kappa shape index (κ2) is 6.65. The molecule has 112 valence electrons. The van der Waals surface area contributed by atoms with Crippen LogP contribution in [-0.2, 0) is 9.84 Å². The molecular weight excluding hydrogens is 434 g/mol. The summed E-state index contributed by atoms with van der Waals surface area (Å²) in [6.45, 7) is 0. The molecule has 0 unspecified atom stereocenters. The number of halogens is 2. The Morgan fingerprint density at radius 3 is 2.55 bits per heavy atom. The Bertz CT molecular complexity index is 899. The van der Waals surface area contributed by atoms with Gasteiger partial charge in [-0.25, -0.2) is 8.42 Å². The maximum atomic E-state index is 12.6. The van der Waals surface area contributed by atoms with E-state index in [1.807, 2.05) is 0 Å². The average Bonchev–Trinajstić information content (AvgIpc) is 2.47. The van der Waals surface area contributed by atoms with Gasteiger partial charge in [0, 0.05) is 8.95 Å². The molecule has 2 aromatic carbocycles. The van der Waals surface area contributed by atoms with Crippen molar-refractivity contribution in [2.75, 3.05) is 0 Å². The second-order valence-electron chi connectivity index (χ2n) is 4.29. The number of nitrogens with zero attached hydrogens (tertiary/aromatic N) is 1. The zero-order chi connectivity index (χ0) is 16.3. The molecule has 0 aliphatic carbocycles. The van der Waals surface area contributed by atoms with Crippen LogP contribution < -0.4 is 0 Å². The Kier molecular flexibility index (Phi) is 5.06. The molecule has 0 saturated carbocycles. The number of sulfone groups is 1. The first-order chi connectivity index (χ1) is 10.3. The Morgan fingerprint density at radius 1 is 1.18 bits per heavy atom. The molecule has 0 heterocycles. The Hall–Kier alpha value is -1.62. The van der Waals surface area contributed by atoms with E-state index >= 15 is 0 Å². The van der Waals surface area contributed by atoms with E-state index in [4.69, 9.17) is 0 Å². The van der Waals surface area contributed by atoms with Crippen molar-refractivity contribution in [2.24, 2.45) is 0 Å². The Balaban J connectivity index is 2.60. The van der Waals surface area contributed by atoms with E-state index in [0.29, 0.717) is 14.5 Å². The smallest absolute Gasteiger partial charge is 0.217 e. The average molecular weight is 443 g/mol. The fourth-order valence-electron chi connectivity index (χ4n) is 1.74. The molecule has 0 amide bonds. The third-order valence-electron chi connectivity index (χ3n) is 2.75. The molecular formula is C15H9Br2NO3S. The molecule has 0 fully saturated rings. The minimum atomic E-state index is -3.97. The molecule has 2 aromatic rings. The molecule has 0 aromatic heterocycles. The van der Waals surface area contributed by atoms with Crippen molar-refractivity contribution in [3.63, 3.8) is 0 Å². The number of rotatable bonds is 3. The first kappa shape index (κ1) is 16.7. The lowest BCUT2D eigenvalue weighted by Gasteiger charge is -2.06. The summed E-state index contributed by atoms with van der Waals surface area (Å²) >= 11 is 6.40. The molecule has 0 saturated heterocycles. The summed E-state index contributed by atoms with van der Waals surface area (Å²) < 4.78 is 26.2. The highest BCUT2D eigenvalue weighted by Crippen LogP contribution is 2.30. The lowest BCUT2D eigenvalue weighted by atomic mass is 10.2. The minimum absolute atomic E-state index is 0.00479. The summed E-state index contributed by atoms with van der Waals surface area (Å²) in [7, 11) is -3.97. The number of hydrogen-bond acceptors (Lipinski definition) is 4. The molecule has 1 N–H and O–H groups in total. The van der Waals surface area contributed by atoms with Gasteiger partial charge in [-0.2, -0.15) is 5.26 Å². The summed E-state index contributed by atoms with van der Waals surface area (Å²) in [6.07, 6.45) is 1.22. The fourth-order valence-corrected chi connectivity index (χ4v) is 4.39. The maximum Gasteiger partial charge on any atom is 0.217 e. The predicted molar refractivity (Wildman–Crippen MR) is 90.7 cm³/mol. The van der Waals surface area contributed by atoms with E-state index in [2.05, 4.69) is 31.9 Å². The third kappa shape index (κ3) is 3.58. The number of aromatic hydroxyl groups is 1. The van der Waals surface area contributed by atoms with Crippen molar-refractivity contribution in [3.8, 4) is 11.8 Å². The highest BCUT2D eigenvalue weighted by Gasteiger charge is 2.23. The molecule has 2 rings (SSSR count). The number of benzene rings is 2. The van der Waals surface area contributed by atoms with Crippen molar-refractivity contribution in [1.82, 2.24) is 0 Å². The van der Waals surface area contributed by atoms with Crippen LogP contribution in [0, 0.1) is 11.3 Å². The molecule has 0 aliphatic rings. The van der Waals surface area contributed by atoms with E-state index in [0.717, 1.165) is 0 Å². The quantitative estimate of drug-likeness (QED) is 0.720. The normalized spacial score (nSPS) is 12.0. The van der Waals surface area contributed by atoms with Crippen LogP contribution in [0.5, 0.6) is 5.75 Å². The van der Waals surface area contributed by atoms with Gasteiger partial charge < -0.3 is 5.11 Å². The number of nitriles is 1. The van der Waals surface area contributed by atoms with Crippen molar-refractivity contribution in [2.45, 2.75) is 4.90 Å². The van der Waals surface area contributed by atoms with Gasteiger partial charge in [0.25, 0.3) is 0 Å². The minimum Gasteiger partial charge on any atom is -0.508 e. The van der Waals surface area contributed by atoms with Gasteiger partial charge >= 0.3 is 0 Å². The van der Waals surface area contributed by atoms with E-state index in [-0.39, 0.29) is 10.6 Å². The lowest BCUT2D eigenvalue weighted by molar-refractivity contribution is 0.475. The third-order valence-corrected chi connectivity index (χ3v) is 5.90. The molecule has 0 atom stereocenters. The zero-order valence-electron chi connectivity index (χ0n) is 11.0. The topological polar surface area (TPSA) is 78.2 Å². The summed E-state index contributed by atoms with van der Waals surface area (Å²) in [5.74, 6) is -0.00734. The SMILES string of the molecule is N#C/C(=C\c1cccc(O)c1)S(=O)(=O)c1cc(Br)ccc1Br. The summed E-state index contributed by atoms with van der Waals surface area (Å²) in [5, 5.41) is 18.7. The molecule has 7 heteroatoms. The molecule has 0 radical (unpaired) electrons. The predicted octanol–water partition coefficient (Wildman–Crippen LogP) is 4.26. The van der Waals surface area contributed by atoms with Gasteiger partial charge in [0.15, 0.2) is 0 Å². The highest BCUT2D eigenvalue weighted by atomic mass is 79.9. The van der Waals surface area contributed by atoms with Crippen LogP contribution in [-0.4, -0.2) is 13.5 Å². The van der Waals surface area contributed by atoms with E-state index in [9.17, 15) is 18.8 Å². The Morgan fingerprint density at radius 2 is 1.91 bits per heavy atom. The highest BCUT2D eigenvalue weighted by molar-refractivity contribution is 9.11. The van der Waals surface area contributed by atoms with Gasteiger partial charge in [-0.1, -0.05) is 28.1 Å². The first-order valence-corrected chi connectivity index (χ1v) is 9.02. The van der Waals surface area contributed by atoms with Crippen molar-refractivity contribution >= 4 is 47.8 Å². The number of hydrogen-bond donors (Lipinski definition) is 1. The van der Waals surface area contributed by atoms with Crippen LogP contribution in [0.25, 0.3) is 6.08 Å². The molecule has 0 aliphatic heterocycles. The maximum absolute atomic E-state index is 12.6. The Labute approximate surface area is 144 Å². The van der Waals surface area contributed by atoms with Gasteiger partial charge in [0.05, 0.1) is 4.90 Å². The van der Waals surface area contributed by atoms with Crippen LogP contribution in [0.3, 0.4) is 0 Å². The van der Waals surface area contributed by atoms with Crippen molar-refractivity contribution in [3.05, 3.63) is 61.9 Å². The number of allylic oxidation sites excluding steroid dienone is 1. The van der Waals surface area contributed by atoms with Gasteiger partial charge in [-0.3, -0.25) is 0 Å². The summed E-state index contributed by atoms with van der Waals surface area (Å²) in [5.41, 5.74) is 0.422. The molecule has 0 bridgehead atoms. The van der Waals surface area contributed by atoms with Crippen LogP contribution >= 0.6 is 31.9 Å². The van der Waals surface area contributed by atoms with Gasteiger partial charge in [0.2, 0.25) is 9.84 Å². The van der Waals surface area contributed by atoms with Crippen LogP contribution in [0.1, 0.15) is 5.56 Å². The first-order valence-electron chi connectivity index (χ1n) is 5.95. The standard InChI is InChI=1S/C15H9Br2NO3S/c16-11-4-5-14(17)15(8-11)22(20,21)13(9-18)7-10-2-1-3-12(19)6-10/h1-8,19H/b13-7+. The molecule has 22 heavy (non-hydrogen) atoms. The lowest BCUT2D eigenvalue weighted by Crippen LogP contribution is -2.04. The van der Waals surface area contributed by atoms with Crippen LogP contribution in [0.2, 0.25) is 0 Å². The fraction of sp³-hybridized carbons (Fsp3) is 0. The zero-order valence-corrected chi connectivity index (χ0v) is 15.0. The van der Waals surface area contributed by atoms with Crippen molar-refractivity contribution in [1.29, 1.82) is 5.26 Å². The molecule has 4 nitrogen and oxygen atoms in total. The monoisotopic (exact) mass is 441 g/mol. The molecule has 0 spiro atoms. The summed E-state index contributed by atoms with van der Waals surface area (Å²) in [6, 6.07) is 12.4. The largest absolute Gasteiger partial charge is 0.508 e. The summed E-state index contributed by atoms with van der Waals surface area (Å²) in [4.78, 5) is -0.410. The van der Waals surface area contributed by atoms with E-state index < -0.39 is 14.7 Å². The second-order valence-corrected chi connectivity index (χ2v) is 7.95. The van der Waals surface area contributed by atoms with Gasteiger partial charge in [-0.15, -0.1) is 0 Å². The van der Waals surface area contributed by atoms with E-state index in [1.165, 1.54) is 24.3 Å².